The standard InChI is InChI=1S/C18H23NO4S2/c1-23-15-9-14(10-16(20)21)19(11-15)17(22)12-3-5-13(6-4-12)18-24-7-2-8-25-18/h3-6,14-15,18H,2,7-11H2,1H3,(H,20,21). The van der Waals surface area contributed by atoms with Crippen molar-refractivity contribution in [3.63, 3.8) is 0 Å². The summed E-state index contributed by atoms with van der Waals surface area (Å²) in [6.07, 6.45) is 1.69. The number of likely N-dealkylation sites (tertiary alicyclic amines) is 1. The molecule has 7 heteroatoms. The van der Waals surface area contributed by atoms with Crippen molar-refractivity contribution in [2.45, 2.75) is 36.0 Å². The highest BCUT2D eigenvalue weighted by atomic mass is 32.2. The van der Waals surface area contributed by atoms with Crippen LogP contribution in [-0.4, -0.2) is 59.2 Å². The van der Waals surface area contributed by atoms with Crippen molar-refractivity contribution in [1.82, 2.24) is 4.90 Å². The molecule has 1 N–H and O–H groups in total. The van der Waals surface area contributed by atoms with Gasteiger partial charge in [0.1, 0.15) is 0 Å². The highest BCUT2D eigenvalue weighted by Gasteiger charge is 2.36. The Labute approximate surface area is 156 Å². The van der Waals surface area contributed by atoms with Crippen LogP contribution < -0.4 is 0 Å². The molecule has 25 heavy (non-hydrogen) atoms. The molecule has 0 radical (unpaired) electrons. The molecule has 5 nitrogen and oxygen atoms in total. The molecule has 0 aromatic heterocycles. The summed E-state index contributed by atoms with van der Waals surface area (Å²) in [7, 11) is 1.60. The minimum Gasteiger partial charge on any atom is -0.481 e. The molecule has 1 amide bonds. The first-order valence-electron chi connectivity index (χ1n) is 8.47. The van der Waals surface area contributed by atoms with E-state index in [9.17, 15) is 9.59 Å². The lowest BCUT2D eigenvalue weighted by molar-refractivity contribution is -0.137. The Morgan fingerprint density at radius 1 is 1.24 bits per heavy atom. The number of hydrogen-bond donors (Lipinski definition) is 1. The molecule has 0 aliphatic carbocycles. The summed E-state index contributed by atoms with van der Waals surface area (Å²) in [6, 6.07) is 7.48. The highest BCUT2D eigenvalue weighted by Crippen LogP contribution is 2.43. The average molecular weight is 382 g/mol. The lowest BCUT2D eigenvalue weighted by Gasteiger charge is -2.24. The molecule has 0 spiro atoms. The van der Waals surface area contributed by atoms with Crippen LogP contribution in [0.25, 0.3) is 0 Å². The number of nitrogens with zero attached hydrogens (tertiary/aromatic N) is 1. The number of ether oxygens (including phenoxy) is 1. The number of amides is 1. The van der Waals surface area contributed by atoms with Gasteiger partial charge in [0.25, 0.3) is 5.91 Å². The number of thioether (sulfide) groups is 2. The minimum atomic E-state index is -0.888. The van der Waals surface area contributed by atoms with Crippen LogP contribution in [0.3, 0.4) is 0 Å². The Kier molecular flexibility index (Phi) is 6.30. The predicted octanol–water partition coefficient (Wildman–Crippen LogP) is 3.26. The van der Waals surface area contributed by atoms with Crippen molar-refractivity contribution in [1.29, 1.82) is 0 Å². The summed E-state index contributed by atoms with van der Waals surface area (Å²) in [4.78, 5) is 25.6. The van der Waals surface area contributed by atoms with Gasteiger partial charge >= 0.3 is 5.97 Å². The van der Waals surface area contributed by atoms with E-state index < -0.39 is 5.97 Å². The molecule has 2 unspecified atom stereocenters. The first-order valence-corrected chi connectivity index (χ1v) is 10.6. The molecule has 2 heterocycles. The molecule has 0 saturated carbocycles. The fraction of sp³-hybridized carbons (Fsp3) is 0.556. The van der Waals surface area contributed by atoms with Gasteiger partial charge in [-0.25, -0.2) is 0 Å². The Bertz CT molecular complexity index is 616. The largest absolute Gasteiger partial charge is 0.481 e. The topological polar surface area (TPSA) is 66.8 Å². The smallest absolute Gasteiger partial charge is 0.305 e. The van der Waals surface area contributed by atoms with E-state index in [0.29, 0.717) is 23.1 Å². The van der Waals surface area contributed by atoms with E-state index in [1.165, 1.54) is 23.5 Å². The molecule has 2 saturated heterocycles. The molecule has 2 aliphatic heterocycles. The van der Waals surface area contributed by atoms with Crippen LogP contribution in [-0.2, 0) is 9.53 Å². The number of carbonyl (C=O) groups is 2. The Hall–Kier alpha value is -1.18. The second-order valence-electron chi connectivity index (χ2n) is 6.35. The van der Waals surface area contributed by atoms with Gasteiger partial charge < -0.3 is 14.7 Å². The van der Waals surface area contributed by atoms with Crippen molar-refractivity contribution < 1.29 is 19.4 Å². The van der Waals surface area contributed by atoms with Crippen molar-refractivity contribution in [2.24, 2.45) is 0 Å². The number of aliphatic carboxylic acids is 1. The first kappa shape index (κ1) is 18.6. The summed E-state index contributed by atoms with van der Waals surface area (Å²) >= 11 is 3.90. The van der Waals surface area contributed by atoms with Gasteiger partial charge in [-0.15, -0.1) is 23.5 Å². The fourth-order valence-corrected chi connectivity index (χ4v) is 6.21. The Morgan fingerprint density at radius 3 is 2.52 bits per heavy atom. The maximum atomic E-state index is 12.9. The van der Waals surface area contributed by atoms with Crippen LogP contribution in [0, 0.1) is 0 Å². The van der Waals surface area contributed by atoms with E-state index >= 15 is 0 Å². The van der Waals surface area contributed by atoms with E-state index in [2.05, 4.69) is 0 Å². The molecule has 2 atom stereocenters. The fourth-order valence-electron chi connectivity index (χ4n) is 3.32. The predicted molar refractivity (Wildman–Crippen MR) is 101 cm³/mol. The quantitative estimate of drug-likeness (QED) is 0.844. The minimum absolute atomic E-state index is 0.0426. The van der Waals surface area contributed by atoms with Crippen LogP contribution in [0.15, 0.2) is 24.3 Å². The normalized spacial score (nSPS) is 24.4. The number of methoxy groups -OCH3 is 1. The molecule has 1 aromatic carbocycles. The monoisotopic (exact) mass is 381 g/mol. The third-order valence-electron chi connectivity index (χ3n) is 4.64. The lowest BCUT2D eigenvalue weighted by Crippen LogP contribution is -2.37. The molecule has 0 bridgehead atoms. The number of hydrogen-bond acceptors (Lipinski definition) is 5. The zero-order valence-electron chi connectivity index (χ0n) is 14.2. The van der Waals surface area contributed by atoms with Gasteiger partial charge in [-0.2, -0.15) is 0 Å². The van der Waals surface area contributed by atoms with Gasteiger partial charge in [-0.3, -0.25) is 9.59 Å². The van der Waals surface area contributed by atoms with Gasteiger partial charge in [0.15, 0.2) is 0 Å². The van der Waals surface area contributed by atoms with E-state index in [-0.39, 0.29) is 24.5 Å². The lowest BCUT2D eigenvalue weighted by atomic mass is 10.1. The summed E-state index contributed by atoms with van der Waals surface area (Å²) in [6.45, 7) is 0.448. The maximum absolute atomic E-state index is 12.9. The van der Waals surface area contributed by atoms with Crippen molar-refractivity contribution in [3.05, 3.63) is 35.4 Å². The number of benzene rings is 1. The zero-order chi connectivity index (χ0) is 17.8. The number of carbonyl (C=O) groups excluding carboxylic acids is 1. The number of carboxylic acids is 1. The van der Waals surface area contributed by atoms with Crippen LogP contribution in [0.5, 0.6) is 0 Å². The third kappa shape index (κ3) is 4.51. The van der Waals surface area contributed by atoms with Gasteiger partial charge in [0.05, 0.1) is 17.1 Å². The molecular weight excluding hydrogens is 358 g/mol. The van der Waals surface area contributed by atoms with Crippen LogP contribution in [0.2, 0.25) is 0 Å². The first-order chi connectivity index (χ1) is 12.1. The maximum Gasteiger partial charge on any atom is 0.305 e. The van der Waals surface area contributed by atoms with Gasteiger partial charge in [0.2, 0.25) is 0 Å². The van der Waals surface area contributed by atoms with Gasteiger partial charge in [0, 0.05) is 25.3 Å². The van der Waals surface area contributed by atoms with Crippen molar-refractivity contribution in [3.8, 4) is 0 Å². The van der Waals surface area contributed by atoms with Crippen LogP contribution in [0.1, 0.15) is 39.8 Å². The van der Waals surface area contributed by atoms with Crippen molar-refractivity contribution >= 4 is 35.4 Å². The zero-order valence-corrected chi connectivity index (χ0v) is 15.9. The molecule has 136 valence electrons. The molecule has 2 fully saturated rings. The van der Waals surface area contributed by atoms with E-state index in [4.69, 9.17) is 9.84 Å². The Morgan fingerprint density at radius 2 is 1.92 bits per heavy atom. The molecule has 2 aliphatic rings. The summed E-state index contributed by atoms with van der Waals surface area (Å²) in [5.41, 5.74) is 1.85. The van der Waals surface area contributed by atoms with Gasteiger partial charge in [-0.05, 0) is 42.0 Å². The number of carboxylic acid groups (broad SMARTS) is 1. The van der Waals surface area contributed by atoms with Crippen LogP contribution in [0.4, 0.5) is 0 Å². The summed E-state index contributed by atoms with van der Waals surface area (Å²) < 4.78 is 5.79. The van der Waals surface area contributed by atoms with Gasteiger partial charge in [-0.1, -0.05) is 12.1 Å². The van der Waals surface area contributed by atoms with E-state index in [0.717, 1.165) is 0 Å². The molecule has 1 aromatic rings. The summed E-state index contributed by atoms with van der Waals surface area (Å²) in [5.74, 6) is 1.37. The van der Waals surface area contributed by atoms with Crippen LogP contribution >= 0.6 is 23.5 Å². The second kappa shape index (κ2) is 8.47. The third-order valence-corrected chi connectivity index (χ3v) is 7.65. The molecular formula is C18H23NO4S2. The van der Waals surface area contributed by atoms with E-state index in [1.54, 1.807) is 12.0 Å². The Balaban J connectivity index is 1.71. The highest BCUT2D eigenvalue weighted by molar-refractivity contribution is 8.16. The average Bonchev–Trinajstić information content (AvgIpc) is 3.04. The number of rotatable bonds is 5. The second-order valence-corrected chi connectivity index (χ2v) is 9.08. The van der Waals surface area contributed by atoms with Crippen molar-refractivity contribution in [2.75, 3.05) is 25.2 Å². The summed E-state index contributed by atoms with van der Waals surface area (Å²) in [5, 5.41) is 9.10. The van der Waals surface area contributed by atoms with E-state index in [1.807, 2.05) is 47.8 Å². The molecule has 3 rings (SSSR count). The SMILES string of the molecule is COC1CC(CC(=O)O)N(C(=O)c2ccc(C3SCCCS3)cc2)C1.